The molecule has 1 aromatic rings. The van der Waals surface area contributed by atoms with Gasteiger partial charge >= 0.3 is 0 Å². The second kappa shape index (κ2) is 4.44. The van der Waals surface area contributed by atoms with Crippen LogP contribution in [-0.2, 0) is 0 Å². The Morgan fingerprint density at radius 3 is 2.43 bits per heavy atom. The molecule has 2 atom stereocenters. The molecule has 78 valence electrons. The van der Waals surface area contributed by atoms with E-state index in [9.17, 15) is 10.2 Å². The second-order valence-electron chi connectivity index (χ2n) is 3.41. The maximum absolute atomic E-state index is 9.60. The number of methoxy groups -OCH3 is 1. The van der Waals surface area contributed by atoms with Gasteiger partial charge in [0.1, 0.15) is 11.9 Å². The van der Waals surface area contributed by atoms with E-state index in [4.69, 9.17) is 4.74 Å². The SMILES string of the molecule is COc1cc(C(O)C(C)O)ccc1C. The summed E-state index contributed by atoms with van der Waals surface area (Å²) >= 11 is 0. The fourth-order valence-corrected chi connectivity index (χ4v) is 1.30. The van der Waals surface area contributed by atoms with Gasteiger partial charge in [-0.25, -0.2) is 0 Å². The molecule has 0 heterocycles. The Morgan fingerprint density at radius 2 is 1.93 bits per heavy atom. The summed E-state index contributed by atoms with van der Waals surface area (Å²) < 4.78 is 5.12. The highest BCUT2D eigenvalue weighted by molar-refractivity contribution is 5.37. The van der Waals surface area contributed by atoms with E-state index in [-0.39, 0.29) is 0 Å². The lowest BCUT2D eigenvalue weighted by molar-refractivity contribution is 0.0304. The highest BCUT2D eigenvalue weighted by atomic mass is 16.5. The van der Waals surface area contributed by atoms with E-state index < -0.39 is 12.2 Å². The molecular weight excluding hydrogens is 180 g/mol. The van der Waals surface area contributed by atoms with Gasteiger partial charge in [-0.1, -0.05) is 12.1 Å². The van der Waals surface area contributed by atoms with Crippen LogP contribution < -0.4 is 4.74 Å². The Bertz CT molecular complexity index is 307. The van der Waals surface area contributed by atoms with Crippen LogP contribution in [0.5, 0.6) is 5.75 Å². The van der Waals surface area contributed by atoms with E-state index in [0.29, 0.717) is 5.56 Å². The molecule has 0 aliphatic carbocycles. The zero-order chi connectivity index (χ0) is 10.7. The molecule has 0 bridgehead atoms. The van der Waals surface area contributed by atoms with Gasteiger partial charge in [-0.2, -0.15) is 0 Å². The predicted molar refractivity (Wildman–Crippen MR) is 54.4 cm³/mol. The van der Waals surface area contributed by atoms with Crippen molar-refractivity contribution in [2.45, 2.75) is 26.1 Å². The maximum Gasteiger partial charge on any atom is 0.122 e. The first kappa shape index (κ1) is 11.0. The van der Waals surface area contributed by atoms with Gasteiger partial charge in [0.25, 0.3) is 0 Å². The van der Waals surface area contributed by atoms with Gasteiger partial charge in [-0.05, 0) is 31.0 Å². The van der Waals surface area contributed by atoms with Crippen LogP contribution in [0.2, 0.25) is 0 Å². The molecule has 0 fully saturated rings. The van der Waals surface area contributed by atoms with Crippen molar-refractivity contribution in [3.05, 3.63) is 29.3 Å². The Morgan fingerprint density at radius 1 is 1.29 bits per heavy atom. The second-order valence-corrected chi connectivity index (χ2v) is 3.41. The molecular formula is C11H16O3. The summed E-state index contributed by atoms with van der Waals surface area (Å²) in [6, 6.07) is 5.39. The monoisotopic (exact) mass is 196 g/mol. The van der Waals surface area contributed by atoms with Crippen molar-refractivity contribution in [2.75, 3.05) is 7.11 Å². The fraction of sp³-hybridized carbons (Fsp3) is 0.455. The Labute approximate surface area is 84.0 Å². The van der Waals surface area contributed by atoms with Gasteiger partial charge in [-0.3, -0.25) is 0 Å². The quantitative estimate of drug-likeness (QED) is 0.768. The van der Waals surface area contributed by atoms with Gasteiger partial charge in [0.2, 0.25) is 0 Å². The van der Waals surface area contributed by atoms with Gasteiger partial charge < -0.3 is 14.9 Å². The zero-order valence-electron chi connectivity index (χ0n) is 8.69. The van der Waals surface area contributed by atoms with Crippen molar-refractivity contribution in [1.82, 2.24) is 0 Å². The first-order valence-electron chi connectivity index (χ1n) is 4.57. The molecule has 1 aromatic carbocycles. The summed E-state index contributed by atoms with van der Waals surface area (Å²) in [5.41, 5.74) is 1.68. The Balaban J connectivity index is 3.00. The molecule has 0 aliphatic rings. The number of aryl methyl sites for hydroxylation is 1. The summed E-state index contributed by atoms with van der Waals surface area (Å²) in [6.07, 6.45) is -1.63. The van der Waals surface area contributed by atoms with Crippen LogP contribution in [0.3, 0.4) is 0 Å². The number of aliphatic hydroxyl groups excluding tert-OH is 2. The van der Waals surface area contributed by atoms with Crippen LogP contribution in [0.25, 0.3) is 0 Å². The molecule has 2 N–H and O–H groups in total. The summed E-state index contributed by atoms with van der Waals surface area (Å²) in [7, 11) is 1.58. The Hall–Kier alpha value is -1.06. The molecule has 0 saturated heterocycles. The molecule has 1 rings (SSSR count). The zero-order valence-corrected chi connectivity index (χ0v) is 8.69. The average molecular weight is 196 g/mol. The third kappa shape index (κ3) is 2.25. The summed E-state index contributed by atoms with van der Waals surface area (Å²) in [5, 5.41) is 18.8. The normalized spacial score (nSPS) is 14.9. The molecule has 3 nitrogen and oxygen atoms in total. The van der Waals surface area contributed by atoms with E-state index >= 15 is 0 Å². The van der Waals surface area contributed by atoms with Crippen LogP contribution >= 0.6 is 0 Å². The summed E-state index contributed by atoms with van der Waals surface area (Å²) in [6.45, 7) is 3.48. The number of aliphatic hydroxyl groups is 2. The maximum atomic E-state index is 9.60. The number of hydrogen-bond donors (Lipinski definition) is 2. The van der Waals surface area contributed by atoms with E-state index in [2.05, 4.69) is 0 Å². The molecule has 0 spiro atoms. The minimum atomic E-state index is -0.857. The first-order valence-corrected chi connectivity index (χ1v) is 4.57. The fourth-order valence-electron chi connectivity index (χ4n) is 1.30. The number of benzene rings is 1. The molecule has 0 saturated carbocycles. The number of hydrogen-bond acceptors (Lipinski definition) is 3. The van der Waals surface area contributed by atoms with Crippen LogP contribution in [0.1, 0.15) is 24.2 Å². The van der Waals surface area contributed by atoms with Crippen LogP contribution in [0.4, 0.5) is 0 Å². The van der Waals surface area contributed by atoms with Gasteiger partial charge in [-0.15, -0.1) is 0 Å². The van der Waals surface area contributed by atoms with Crippen LogP contribution in [0.15, 0.2) is 18.2 Å². The molecule has 2 unspecified atom stereocenters. The minimum absolute atomic E-state index is 0.669. The summed E-state index contributed by atoms with van der Waals surface area (Å²) in [5.74, 6) is 0.724. The predicted octanol–water partition coefficient (Wildman–Crippen LogP) is 1.42. The molecule has 0 amide bonds. The number of ether oxygens (including phenoxy) is 1. The Kier molecular flexibility index (Phi) is 3.49. The third-order valence-electron chi connectivity index (χ3n) is 2.23. The lowest BCUT2D eigenvalue weighted by Crippen LogP contribution is -2.13. The lowest BCUT2D eigenvalue weighted by Gasteiger charge is -2.15. The summed E-state index contributed by atoms with van der Waals surface area (Å²) in [4.78, 5) is 0. The van der Waals surface area contributed by atoms with Gasteiger partial charge in [0.15, 0.2) is 0 Å². The van der Waals surface area contributed by atoms with Crippen molar-refractivity contribution in [3.63, 3.8) is 0 Å². The number of rotatable bonds is 3. The van der Waals surface area contributed by atoms with Gasteiger partial charge in [0.05, 0.1) is 13.2 Å². The van der Waals surface area contributed by atoms with Gasteiger partial charge in [0, 0.05) is 0 Å². The van der Waals surface area contributed by atoms with Crippen molar-refractivity contribution in [3.8, 4) is 5.75 Å². The molecule has 0 radical (unpaired) electrons. The largest absolute Gasteiger partial charge is 0.496 e. The van der Waals surface area contributed by atoms with Crippen LogP contribution in [0, 0.1) is 6.92 Å². The standard InChI is InChI=1S/C11H16O3/c1-7-4-5-9(6-10(7)14-3)11(13)8(2)12/h4-6,8,11-13H,1-3H3. The highest BCUT2D eigenvalue weighted by Crippen LogP contribution is 2.24. The van der Waals surface area contributed by atoms with Crippen molar-refractivity contribution in [1.29, 1.82) is 0 Å². The first-order chi connectivity index (χ1) is 6.56. The highest BCUT2D eigenvalue weighted by Gasteiger charge is 2.14. The van der Waals surface area contributed by atoms with Crippen molar-refractivity contribution in [2.24, 2.45) is 0 Å². The van der Waals surface area contributed by atoms with E-state index in [1.54, 1.807) is 26.2 Å². The van der Waals surface area contributed by atoms with Crippen molar-refractivity contribution >= 4 is 0 Å². The van der Waals surface area contributed by atoms with E-state index in [1.165, 1.54) is 0 Å². The van der Waals surface area contributed by atoms with E-state index in [1.807, 2.05) is 13.0 Å². The molecule has 0 aliphatic heterocycles. The van der Waals surface area contributed by atoms with Crippen LogP contribution in [-0.4, -0.2) is 23.4 Å². The minimum Gasteiger partial charge on any atom is -0.496 e. The molecule has 3 heteroatoms. The average Bonchev–Trinajstić information content (AvgIpc) is 2.17. The third-order valence-corrected chi connectivity index (χ3v) is 2.23. The van der Waals surface area contributed by atoms with Crippen molar-refractivity contribution < 1.29 is 14.9 Å². The topological polar surface area (TPSA) is 49.7 Å². The molecule has 14 heavy (non-hydrogen) atoms. The smallest absolute Gasteiger partial charge is 0.122 e. The molecule has 0 aromatic heterocycles. The lowest BCUT2D eigenvalue weighted by atomic mass is 10.0. The van der Waals surface area contributed by atoms with E-state index in [0.717, 1.165) is 11.3 Å².